The van der Waals surface area contributed by atoms with Crippen molar-refractivity contribution >= 4 is 27.5 Å². The van der Waals surface area contributed by atoms with Crippen LogP contribution in [0.5, 0.6) is 0 Å². The Labute approximate surface area is 163 Å². The Kier molecular flexibility index (Phi) is 5.90. The molecule has 1 N–H and O–H groups in total. The molecule has 7 nitrogen and oxygen atoms in total. The maximum atomic E-state index is 12.8. The molecule has 27 heavy (non-hydrogen) atoms. The van der Waals surface area contributed by atoms with Gasteiger partial charge in [-0.2, -0.15) is 4.31 Å². The Balaban J connectivity index is 1.76. The number of halogens is 1. The van der Waals surface area contributed by atoms with Gasteiger partial charge in [-0.15, -0.1) is 0 Å². The van der Waals surface area contributed by atoms with Crippen LogP contribution in [0, 0.1) is 0 Å². The average Bonchev–Trinajstić information content (AvgIpc) is 3.18. The Hall–Kier alpha value is -1.87. The molecule has 1 unspecified atom stereocenters. The molecule has 1 aliphatic heterocycles. The molecule has 1 aromatic carbocycles. The molecule has 0 aliphatic carbocycles. The molecular weight excluding hydrogens is 390 g/mol. The third-order valence-electron chi connectivity index (χ3n) is 4.75. The predicted molar refractivity (Wildman–Crippen MR) is 102 cm³/mol. The quantitative estimate of drug-likeness (QED) is 0.819. The fourth-order valence-corrected chi connectivity index (χ4v) is 4.44. The van der Waals surface area contributed by atoms with Gasteiger partial charge in [0, 0.05) is 31.4 Å². The molecule has 9 heteroatoms. The van der Waals surface area contributed by atoms with Gasteiger partial charge < -0.3 is 14.6 Å². The minimum absolute atomic E-state index is 0.0836. The molecule has 1 saturated heterocycles. The number of amides is 1. The maximum absolute atomic E-state index is 12.8. The van der Waals surface area contributed by atoms with Crippen LogP contribution < -0.4 is 0 Å². The Bertz CT molecular complexity index is 905. The summed E-state index contributed by atoms with van der Waals surface area (Å²) < 4.78 is 32.0. The number of hydrogen-bond acceptors (Lipinski definition) is 4. The van der Waals surface area contributed by atoms with Gasteiger partial charge in [0.15, 0.2) is 0 Å². The molecule has 146 valence electrons. The highest BCUT2D eigenvalue weighted by atomic mass is 35.5. The van der Waals surface area contributed by atoms with E-state index in [0.717, 1.165) is 5.56 Å². The topological polar surface area (TPSA) is 82.7 Å². The Morgan fingerprint density at radius 3 is 2.52 bits per heavy atom. The van der Waals surface area contributed by atoms with Gasteiger partial charge in [0.05, 0.1) is 19.3 Å². The van der Waals surface area contributed by atoms with E-state index in [2.05, 4.69) is 4.98 Å². The van der Waals surface area contributed by atoms with Crippen LogP contribution in [0.3, 0.4) is 0 Å². The molecule has 1 aromatic heterocycles. The van der Waals surface area contributed by atoms with Crippen LogP contribution in [0.25, 0.3) is 0 Å². The van der Waals surface area contributed by atoms with Crippen LogP contribution >= 0.6 is 11.6 Å². The van der Waals surface area contributed by atoms with E-state index >= 15 is 0 Å². The van der Waals surface area contributed by atoms with Gasteiger partial charge in [-0.3, -0.25) is 4.79 Å². The van der Waals surface area contributed by atoms with Gasteiger partial charge in [-0.25, -0.2) is 8.42 Å². The van der Waals surface area contributed by atoms with Gasteiger partial charge in [-0.05, 0) is 30.7 Å². The van der Waals surface area contributed by atoms with Crippen molar-refractivity contribution in [1.29, 1.82) is 0 Å². The van der Waals surface area contributed by atoms with E-state index < -0.39 is 10.0 Å². The fourth-order valence-electron chi connectivity index (χ4n) is 2.91. The number of nitrogens with one attached hydrogen (secondary N) is 1. The van der Waals surface area contributed by atoms with E-state index in [-0.39, 0.29) is 22.5 Å². The first-order valence-electron chi connectivity index (χ1n) is 8.59. The molecule has 0 radical (unpaired) electrons. The van der Waals surface area contributed by atoms with E-state index in [1.165, 1.54) is 16.6 Å². The summed E-state index contributed by atoms with van der Waals surface area (Å²) in [5.41, 5.74) is 1.16. The molecule has 1 atom stereocenters. The summed E-state index contributed by atoms with van der Waals surface area (Å²) in [6, 6.07) is 8.45. The van der Waals surface area contributed by atoms with Gasteiger partial charge >= 0.3 is 0 Å². The molecule has 0 bridgehead atoms. The fraction of sp³-hybridized carbons (Fsp3) is 0.389. The third kappa shape index (κ3) is 4.19. The lowest BCUT2D eigenvalue weighted by molar-refractivity contribution is 0.0729. The number of hydrogen-bond donors (Lipinski definition) is 1. The Morgan fingerprint density at radius 1 is 1.26 bits per heavy atom. The summed E-state index contributed by atoms with van der Waals surface area (Å²) in [6.45, 7) is 3.26. The van der Waals surface area contributed by atoms with Crippen molar-refractivity contribution in [1.82, 2.24) is 14.2 Å². The molecule has 1 amide bonds. The first-order valence-corrected chi connectivity index (χ1v) is 10.4. The average molecular weight is 412 g/mol. The zero-order valence-electron chi connectivity index (χ0n) is 15.2. The van der Waals surface area contributed by atoms with E-state index in [4.69, 9.17) is 16.3 Å². The summed E-state index contributed by atoms with van der Waals surface area (Å²) in [7, 11) is -1.96. The van der Waals surface area contributed by atoms with Crippen LogP contribution in [-0.4, -0.2) is 61.9 Å². The van der Waals surface area contributed by atoms with Crippen molar-refractivity contribution in [3.8, 4) is 0 Å². The van der Waals surface area contributed by atoms with Gasteiger partial charge in [-0.1, -0.05) is 23.7 Å². The van der Waals surface area contributed by atoms with Crippen LogP contribution in [-0.2, 0) is 14.8 Å². The number of benzene rings is 1. The lowest BCUT2D eigenvalue weighted by Crippen LogP contribution is -2.40. The summed E-state index contributed by atoms with van der Waals surface area (Å²) in [5.74, 6) is -0.291. The summed E-state index contributed by atoms with van der Waals surface area (Å²) in [4.78, 5) is 17.2. The summed E-state index contributed by atoms with van der Waals surface area (Å²) in [5, 5.41) is 0.627. The maximum Gasteiger partial charge on any atom is 0.270 e. The van der Waals surface area contributed by atoms with Crippen molar-refractivity contribution in [2.75, 3.05) is 33.4 Å². The van der Waals surface area contributed by atoms with Crippen molar-refractivity contribution < 1.29 is 17.9 Å². The number of aromatic nitrogens is 1. The van der Waals surface area contributed by atoms with E-state index in [9.17, 15) is 13.2 Å². The number of morpholine rings is 1. The van der Waals surface area contributed by atoms with Crippen molar-refractivity contribution in [2.45, 2.75) is 17.9 Å². The highest BCUT2D eigenvalue weighted by Gasteiger charge is 2.29. The number of carbonyl (C=O) groups is 1. The molecule has 1 fully saturated rings. The third-order valence-corrected chi connectivity index (χ3v) is 6.88. The molecule has 2 aromatic rings. The minimum atomic E-state index is -3.64. The second kappa shape index (κ2) is 8.02. The second-order valence-electron chi connectivity index (χ2n) is 6.41. The molecule has 0 spiro atoms. The number of rotatable bonds is 5. The zero-order valence-corrected chi connectivity index (χ0v) is 16.8. The highest BCUT2D eigenvalue weighted by molar-refractivity contribution is 7.89. The minimum Gasteiger partial charge on any atom is -0.379 e. The number of ether oxygens (including phenoxy) is 1. The number of nitrogens with zero attached hydrogens (tertiary/aromatic N) is 2. The largest absolute Gasteiger partial charge is 0.379 e. The number of carbonyl (C=O) groups excluding carboxylic acids is 1. The smallest absolute Gasteiger partial charge is 0.270 e. The van der Waals surface area contributed by atoms with Gasteiger partial charge in [0.1, 0.15) is 10.6 Å². The van der Waals surface area contributed by atoms with Crippen LogP contribution in [0.15, 0.2) is 41.4 Å². The monoisotopic (exact) mass is 411 g/mol. The summed E-state index contributed by atoms with van der Waals surface area (Å²) >= 11 is 5.91. The van der Waals surface area contributed by atoms with Gasteiger partial charge in [0.25, 0.3) is 5.91 Å². The normalized spacial score (nSPS) is 16.9. The summed E-state index contributed by atoms with van der Waals surface area (Å²) in [6.07, 6.45) is 1.36. The predicted octanol–water partition coefficient (Wildman–Crippen LogP) is 2.52. The van der Waals surface area contributed by atoms with E-state index in [0.29, 0.717) is 31.3 Å². The lowest BCUT2D eigenvalue weighted by atomic mass is 10.1. The standard InChI is InChI=1S/C18H22ClN3O4S/c1-13(14-3-5-15(19)6-4-14)21(2)18(23)17-11-16(12-20-17)27(24,25)22-7-9-26-10-8-22/h3-6,11-13,20H,7-10H2,1-2H3. The highest BCUT2D eigenvalue weighted by Crippen LogP contribution is 2.24. The first-order chi connectivity index (χ1) is 12.8. The van der Waals surface area contributed by atoms with Crippen molar-refractivity contribution in [3.63, 3.8) is 0 Å². The van der Waals surface area contributed by atoms with Crippen molar-refractivity contribution in [2.24, 2.45) is 0 Å². The van der Waals surface area contributed by atoms with Crippen LogP contribution in [0.2, 0.25) is 5.02 Å². The van der Waals surface area contributed by atoms with E-state index in [1.54, 1.807) is 24.1 Å². The molecule has 0 saturated carbocycles. The number of H-pyrrole nitrogens is 1. The Morgan fingerprint density at radius 2 is 1.89 bits per heavy atom. The number of sulfonamides is 1. The van der Waals surface area contributed by atoms with Crippen LogP contribution in [0.4, 0.5) is 0 Å². The van der Waals surface area contributed by atoms with Crippen LogP contribution in [0.1, 0.15) is 29.0 Å². The van der Waals surface area contributed by atoms with Crippen molar-refractivity contribution in [3.05, 3.63) is 52.8 Å². The molecule has 2 heterocycles. The lowest BCUT2D eigenvalue weighted by Gasteiger charge is -2.25. The molecule has 3 rings (SSSR count). The van der Waals surface area contributed by atoms with E-state index in [1.807, 2.05) is 19.1 Å². The SMILES string of the molecule is CC(c1ccc(Cl)cc1)N(C)C(=O)c1cc(S(=O)(=O)N2CCOCC2)c[nH]1. The molecular formula is C18H22ClN3O4S. The number of aromatic amines is 1. The zero-order chi connectivity index (χ0) is 19.6. The first kappa shape index (κ1) is 19.9. The van der Waals surface area contributed by atoms with Gasteiger partial charge in [0.2, 0.25) is 10.0 Å². The molecule has 1 aliphatic rings. The second-order valence-corrected chi connectivity index (χ2v) is 8.78.